The minimum absolute atomic E-state index is 0.0750. The first-order valence-corrected chi connectivity index (χ1v) is 7.33. The van der Waals surface area contributed by atoms with E-state index in [0.717, 1.165) is 10.5 Å². The fourth-order valence-electron chi connectivity index (χ4n) is 1.63. The molecule has 0 unspecified atom stereocenters. The van der Waals surface area contributed by atoms with Crippen molar-refractivity contribution in [3.8, 4) is 0 Å². The van der Waals surface area contributed by atoms with Crippen LogP contribution in [0.5, 0.6) is 0 Å². The van der Waals surface area contributed by atoms with E-state index in [0.29, 0.717) is 6.54 Å². The van der Waals surface area contributed by atoms with E-state index in [9.17, 15) is 4.79 Å². The zero-order valence-corrected chi connectivity index (χ0v) is 12.2. The molecular formula is C17H17NOS. The van der Waals surface area contributed by atoms with E-state index in [1.807, 2.05) is 61.5 Å². The van der Waals surface area contributed by atoms with E-state index < -0.39 is 0 Å². The average Bonchev–Trinajstić information content (AvgIpc) is 2.48. The lowest BCUT2D eigenvalue weighted by atomic mass is 10.1. The highest BCUT2D eigenvalue weighted by Crippen LogP contribution is 2.17. The maximum absolute atomic E-state index is 11.7. The largest absolute Gasteiger partial charge is 0.348 e. The number of thioether (sulfide) groups is 1. The molecule has 2 nitrogen and oxygen atoms in total. The number of carbonyl (C=O) groups excluding carboxylic acids is 1. The summed E-state index contributed by atoms with van der Waals surface area (Å²) in [6, 6.07) is 18.1. The van der Waals surface area contributed by atoms with Gasteiger partial charge in [0, 0.05) is 17.5 Å². The standard InChI is InChI=1S/C17H17NOS/c1-14-7-9-15(10-8-14)13-18-17(19)11-12-20-16-5-3-2-4-6-16/h2-12H,13H2,1H3,(H,18,19)/b12-11+. The Hall–Kier alpha value is -2.00. The van der Waals surface area contributed by atoms with Gasteiger partial charge in [-0.2, -0.15) is 0 Å². The number of benzene rings is 2. The number of carbonyl (C=O) groups is 1. The quantitative estimate of drug-likeness (QED) is 0.665. The van der Waals surface area contributed by atoms with Crippen molar-refractivity contribution in [3.63, 3.8) is 0 Å². The molecule has 0 heterocycles. The highest BCUT2D eigenvalue weighted by molar-refractivity contribution is 8.02. The predicted octanol–water partition coefficient (Wildman–Crippen LogP) is 3.92. The smallest absolute Gasteiger partial charge is 0.244 e. The van der Waals surface area contributed by atoms with Gasteiger partial charge in [0.2, 0.25) is 5.91 Å². The molecule has 2 aromatic carbocycles. The molecule has 102 valence electrons. The van der Waals surface area contributed by atoms with E-state index in [-0.39, 0.29) is 5.91 Å². The Balaban J connectivity index is 1.76. The van der Waals surface area contributed by atoms with Gasteiger partial charge in [-0.15, -0.1) is 0 Å². The Morgan fingerprint density at radius 1 is 1.10 bits per heavy atom. The van der Waals surface area contributed by atoms with Gasteiger partial charge < -0.3 is 5.32 Å². The summed E-state index contributed by atoms with van der Waals surface area (Å²) in [5.41, 5.74) is 2.33. The van der Waals surface area contributed by atoms with Crippen molar-refractivity contribution in [1.29, 1.82) is 0 Å². The maximum atomic E-state index is 11.7. The summed E-state index contributed by atoms with van der Waals surface area (Å²) in [5, 5.41) is 4.67. The summed E-state index contributed by atoms with van der Waals surface area (Å²) in [4.78, 5) is 12.8. The zero-order valence-electron chi connectivity index (χ0n) is 11.4. The highest BCUT2D eigenvalue weighted by Gasteiger charge is 1.96. The molecular weight excluding hydrogens is 266 g/mol. The lowest BCUT2D eigenvalue weighted by molar-refractivity contribution is -0.116. The lowest BCUT2D eigenvalue weighted by Gasteiger charge is -2.02. The Morgan fingerprint density at radius 3 is 2.50 bits per heavy atom. The monoisotopic (exact) mass is 283 g/mol. The number of nitrogens with one attached hydrogen (secondary N) is 1. The number of aryl methyl sites for hydroxylation is 1. The van der Waals surface area contributed by atoms with Crippen molar-refractivity contribution in [3.05, 3.63) is 77.2 Å². The normalized spacial score (nSPS) is 10.7. The molecule has 0 aromatic heterocycles. The van der Waals surface area contributed by atoms with E-state index in [2.05, 4.69) is 5.32 Å². The van der Waals surface area contributed by atoms with Crippen molar-refractivity contribution >= 4 is 17.7 Å². The van der Waals surface area contributed by atoms with Gasteiger partial charge in [0.05, 0.1) is 0 Å². The summed E-state index contributed by atoms with van der Waals surface area (Å²) in [7, 11) is 0. The Bertz CT molecular complexity index is 576. The van der Waals surface area contributed by atoms with Crippen LogP contribution in [-0.4, -0.2) is 5.91 Å². The third-order valence-electron chi connectivity index (χ3n) is 2.75. The zero-order chi connectivity index (χ0) is 14.2. The van der Waals surface area contributed by atoms with Gasteiger partial charge in [-0.1, -0.05) is 59.8 Å². The van der Waals surface area contributed by atoms with Crippen LogP contribution in [0.1, 0.15) is 11.1 Å². The van der Waals surface area contributed by atoms with Crippen molar-refractivity contribution in [2.24, 2.45) is 0 Å². The highest BCUT2D eigenvalue weighted by atomic mass is 32.2. The van der Waals surface area contributed by atoms with Crippen LogP contribution in [0.25, 0.3) is 0 Å². The second kappa shape index (κ2) is 7.56. The molecule has 0 saturated heterocycles. The first-order chi connectivity index (χ1) is 9.74. The van der Waals surface area contributed by atoms with Gasteiger partial charge >= 0.3 is 0 Å². The molecule has 1 N–H and O–H groups in total. The summed E-state index contributed by atoms with van der Waals surface area (Å²) in [6.07, 6.45) is 1.56. The van der Waals surface area contributed by atoms with Crippen LogP contribution in [0.4, 0.5) is 0 Å². The fourth-order valence-corrected chi connectivity index (χ4v) is 2.29. The van der Waals surface area contributed by atoms with Gasteiger partial charge in [0.25, 0.3) is 0 Å². The molecule has 2 aromatic rings. The first kappa shape index (κ1) is 14.4. The Morgan fingerprint density at radius 2 is 1.80 bits per heavy atom. The Kier molecular flexibility index (Phi) is 5.44. The Labute approximate surface area is 123 Å². The predicted molar refractivity (Wildman–Crippen MR) is 84.5 cm³/mol. The minimum Gasteiger partial charge on any atom is -0.348 e. The van der Waals surface area contributed by atoms with Crippen LogP contribution in [-0.2, 0) is 11.3 Å². The molecule has 0 spiro atoms. The molecule has 1 amide bonds. The minimum atomic E-state index is -0.0750. The first-order valence-electron chi connectivity index (χ1n) is 6.46. The van der Waals surface area contributed by atoms with Crippen molar-refractivity contribution in [1.82, 2.24) is 5.32 Å². The number of rotatable bonds is 5. The topological polar surface area (TPSA) is 29.1 Å². The average molecular weight is 283 g/mol. The van der Waals surface area contributed by atoms with Crippen molar-refractivity contribution in [2.45, 2.75) is 18.4 Å². The van der Waals surface area contributed by atoms with Crippen molar-refractivity contribution in [2.75, 3.05) is 0 Å². The molecule has 0 aliphatic rings. The third kappa shape index (κ3) is 4.94. The van der Waals surface area contributed by atoms with Crippen LogP contribution in [0.15, 0.2) is 71.0 Å². The van der Waals surface area contributed by atoms with Crippen LogP contribution in [0.3, 0.4) is 0 Å². The summed E-state index contributed by atoms with van der Waals surface area (Å²) in [6.45, 7) is 2.60. The summed E-state index contributed by atoms with van der Waals surface area (Å²) < 4.78 is 0. The number of amides is 1. The molecule has 2 rings (SSSR count). The van der Waals surface area contributed by atoms with Crippen LogP contribution in [0, 0.1) is 6.92 Å². The fraction of sp³-hybridized carbons (Fsp3) is 0.118. The van der Waals surface area contributed by atoms with Gasteiger partial charge in [0.15, 0.2) is 0 Å². The molecule has 0 bridgehead atoms. The van der Waals surface area contributed by atoms with Crippen LogP contribution in [0.2, 0.25) is 0 Å². The van der Waals surface area contributed by atoms with E-state index in [1.54, 1.807) is 11.5 Å². The van der Waals surface area contributed by atoms with Gasteiger partial charge in [-0.25, -0.2) is 0 Å². The van der Waals surface area contributed by atoms with Crippen molar-refractivity contribution < 1.29 is 4.79 Å². The lowest BCUT2D eigenvalue weighted by Crippen LogP contribution is -2.20. The van der Waals surface area contributed by atoms with Gasteiger partial charge in [0.1, 0.15) is 0 Å². The third-order valence-corrected chi connectivity index (χ3v) is 3.57. The molecule has 0 aliphatic carbocycles. The maximum Gasteiger partial charge on any atom is 0.244 e. The second-order valence-electron chi connectivity index (χ2n) is 4.44. The molecule has 0 fully saturated rings. The molecule has 0 aliphatic heterocycles. The SMILES string of the molecule is Cc1ccc(CNC(=O)/C=C/Sc2ccccc2)cc1. The van der Waals surface area contributed by atoms with Gasteiger partial charge in [-0.3, -0.25) is 4.79 Å². The number of hydrogen-bond donors (Lipinski definition) is 1. The molecule has 0 radical (unpaired) electrons. The summed E-state index contributed by atoms with van der Waals surface area (Å²) in [5.74, 6) is -0.0750. The van der Waals surface area contributed by atoms with Crippen LogP contribution >= 0.6 is 11.8 Å². The second-order valence-corrected chi connectivity index (χ2v) is 5.42. The molecule has 0 atom stereocenters. The van der Waals surface area contributed by atoms with Crippen LogP contribution < -0.4 is 5.32 Å². The molecule has 20 heavy (non-hydrogen) atoms. The van der Waals surface area contributed by atoms with E-state index in [4.69, 9.17) is 0 Å². The van der Waals surface area contributed by atoms with Gasteiger partial charge in [-0.05, 0) is 30.0 Å². The summed E-state index contributed by atoms with van der Waals surface area (Å²) >= 11 is 1.53. The van der Waals surface area contributed by atoms with E-state index in [1.165, 1.54) is 17.3 Å². The molecule has 0 saturated carbocycles. The number of hydrogen-bond acceptors (Lipinski definition) is 2. The van der Waals surface area contributed by atoms with E-state index >= 15 is 0 Å². The molecule has 3 heteroatoms.